The molecule has 6 nitrogen and oxygen atoms in total. The van der Waals surface area contributed by atoms with Crippen LogP contribution in [0.3, 0.4) is 0 Å². The summed E-state index contributed by atoms with van der Waals surface area (Å²) >= 11 is 0. The number of carbonyl (C=O) groups is 2. The zero-order valence-corrected chi connectivity index (χ0v) is 11.9. The maximum atomic E-state index is 11.6. The molecule has 0 saturated carbocycles. The van der Waals surface area contributed by atoms with E-state index in [1.54, 1.807) is 25.1 Å². The fourth-order valence-corrected chi connectivity index (χ4v) is 1.55. The number of esters is 1. The van der Waals surface area contributed by atoms with Crippen LogP contribution in [-0.2, 0) is 9.53 Å². The molecule has 0 aliphatic carbocycles. The van der Waals surface area contributed by atoms with Gasteiger partial charge in [-0.15, -0.1) is 0 Å². The Bertz CT molecular complexity index is 475. The van der Waals surface area contributed by atoms with Gasteiger partial charge in [0.2, 0.25) is 5.91 Å². The van der Waals surface area contributed by atoms with Crippen LogP contribution >= 0.6 is 0 Å². The predicted molar refractivity (Wildman–Crippen MR) is 78.6 cm³/mol. The molecule has 0 spiro atoms. The number of hydrogen-bond donors (Lipinski definition) is 3. The van der Waals surface area contributed by atoms with E-state index in [4.69, 9.17) is 10.5 Å². The van der Waals surface area contributed by atoms with Gasteiger partial charge in [-0.3, -0.25) is 4.79 Å². The number of ether oxygens (including phenoxy) is 1. The zero-order valence-electron chi connectivity index (χ0n) is 11.9. The normalized spacial score (nSPS) is 9.90. The number of carbonyl (C=O) groups excluding carboxylic acids is 2. The molecule has 0 unspecified atom stereocenters. The van der Waals surface area contributed by atoms with Gasteiger partial charge in [-0.25, -0.2) is 4.79 Å². The summed E-state index contributed by atoms with van der Waals surface area (Å²) < 4.78 is 4.91. The number of nitrogens with two attached hydrogens (primary N) is 1. The largest absolute Gasteiger partial charge is 0.462 e. The summed E-state index contributed by atoms with van der Waals surface area (Å²) in [6, 6.07) is 4.79. The van der Waals surface area contributed by atoms with Crippen molar-refractivity contribution in [3.8, 4) is 0 Å². The highest BCUT2D eigenvalue weighted by Crippen LogP contribution is 2.20. The minimum absolute atomic E-state index is 0.108. The van der Waals surface area contributed by atoms with Crippen molar-refractivity contribution in [3.05, 3.63) is 23.8 Å². The molecule has 0 saturated heterocycles. The average molecular weight is 279 g/mol. The van der Waals surface area contributed by atoms with E-state index in [0.717, 1.165) is 6.42 Å². The molecular weight excluding hydrogens is 258 g/mol. The van der Waals surface area contributed by atoms with Gasteiger partial charge in [0.05, 0.1) is 30.1 Å². The SMILES string of the molecule is CCCNC(=O)CNc1cc(C(=O)OCC)ccc1N. The van der Waals surface area contributed by atoms with Gasteiger partial charge in [0, 0.05) is 6.54 Å². The van der Waals surface area contributed by atoms with Gasteiger partial charge in [-0.1, -0.05) is 6.92 Å². The van der Waals surface area contributed by atoms with E-state index in [0.29, 0.717) is 30.1 Å². The van der Waals surface area contributed by atoms with E-state index >= 15 is 0 Å². The van der Waals surface area contributed by atoms with Crippen LogP contribution in [-0.4, -0.2) is 31.6 Å². The predicted octanol–water partition coefficient (Wildman–Crippen LogP) is 1.38. The lowest BCUT2D eigenvalue weighted by molar-refractivity contribution is -0.119. The molecular formula is C14H21N3O3. The number of benzene rings is 1. The van der Waals surface area contributed by atoms with Crippen molar-refractivity contribution in [2.24, 2.45) is 0 Å². The smallest absolute Gasteiger partial charge is 0.338 e. The summed E-state index contributed by atoms with van der Waals surface area (Å²) in [4.78, 5) is 23.1. The minimum Gasteiger partial charge on any atom is -0.462 e. The third kappa shape index (κ3) is 4.79. The third-order valence-electron chi connectivity index (χ3n) is 2.58. The van der Waals surface area contributed by atoms with E-state index < -0.39 is 5.97 Å². The van der Waals surface area contributed by atoms with Gasteiger partial charge in [-0.05, 0) is 31.5 Å². The lowest BCUT2D eigenvalue weighted by atomic mass is 10.1. The Morgan fingerprint density at radius 2 is 2.05 bits per heavy atom. The molecule has 0 aromatic heterocycles. The van der Waals surface area contributed by atoms with Crippen molar-refractivity contribution in [3.63, 3.8) is 0 Å². The Morgan fingerprint density at radius 3 is 2.70 bits per heavy atom. The molecule has 6 heteroatoms. The lowest BCUT2D eigenvalue weighted by Crippen LogP contribution is -2.30. The molecule has 0 bridgehead atoms. The Labute approximate surface area is 118 Å². The molecule has 0 aliphatic rings. The molecule has 1 rings (SSSR count). The summed E-state index contributed by atoms with van der Waals surface area (Å²) in [5, 5.41) is 5.66. The first-order valence-electron chi connectivity index (χ1n) is 6.65. The fraction of sp³-hybridized carbons (Fsp3) is 0.429. The van der Waals surface area contributed by atoms with Gasteiger partial charge < -0.3 is 21.1 Å². The van der Waals surface area contributed by atoms with Crippen LogP contribution in [0.25, 0.3) is 0 Å². The molecule has 4 N–H and O–H groups in total. The van der Waals surface area contributed by atoms with Gasteiger partial charge in [0.1, 0.15) is 0 Å². The second-order valence-corrected chi connectivity index (χ2v) is 4.23. The standard InChI is InChI=1S/C14H21N3O3/c1-3-7-16-13(18)9-17-12-8-10(5-6-11(12)15)14(19)20-4-2/h5-6,8,17H,3-4,7,9,15H2,1-2H3,(H,16,18). The van der Waals surface area contributed by atoms with Crippen LogP contribution in [0.2, 0.25) is 0 Å². The second-order valence-electron chi connectivity index (χ2n) is 4.23. The van der Waals surface area contributed by atoms with Crippen LogP contribution in [0.5, 0.6) is 0 Å². The van der Waals surface area contributed by atoms with E-state index in [9.17, 15) is 9.59 Å². The zero-order chi connectivity index (χ0) is 15.0. The van der Waals surface area contributed by atoms with Crippen molar-refractivity contribution in [2.75, 3.05) is 30.7 Å². The summed E-state index contributed by atoms with van der Waals surface area (Å²) in [6.45, 7) is 4.78. The molecule has 1 aromatic carbocycles. The van der Waals surface area contributed by atoms with Gasteiger partial charge in [-0.2, -0.15) is 0 Å². The van der Waals surface area contributed by atoms with E-state index in [1.807, 2.05) is 6.92 Å². The summed E-state index contributed by atoms with van der Waals surface area (Å²) in [7, 11) is 0. The summed E-state index contributed by atoms with van der Waals surface area (Å²) in [5.41, 5.74) is 7.22. The monoisotopic (exact) mass is 279 g/mol. The highest BCUT2D eigenvalue weighted by atomic mass is 16.5. The Hall–Kier alpha value is -2.24. The van der Waals surface area contributed by atoms with Crippen molar-refractivity contribution in [1.82, 2.24) is 5.32 Å². The summed E-state index contributed by atoms with van der Waals surface area (Å²) in [5.74, 6) is -0.529. The van der Waals surface area contributed by atoms with E-state index in [2.05, 4.69) is 10.6 Å². The van der Waals surface area contributed by atoms with Crippen molar-refractivity contribution >= 4 is 23.3 Å². The number of nitrogens with one attached hydrogen (secondary N) is 2. The number of nitrogen functional groups attached to an aromatic ring is 1. The highest BCUT2D eigenvalue weighted by molar-refractivity contribution is 5.92. The number of amides is 1. The van der Waals surface area contributed by atoms with Crippen molar-refractivity contribution in [1.29, 1.82) is 0 Å². The molecule has 0 heterocycles. The minimum atomic E-state index is -0.411. The molecule has 0 fully saturated rings. The van der Waals surface area contributed by atoms with Gasteiger partial charge in [0.25, 0.3) is 0 Å². The quantitative estimate of drug-likeness (QED) is 0.518. The summed E-state index contributed by atoms with van der Waals surface area (Å²) in [6.07, 6.45) is 0.881. The second kappa shape index (κ2) is 8.04. The lowest BCUT2D eigenvalue weighted by Gasteiger charge is -2.11. The molecule has 110 valence electrons. The molecule has 0 radical (unpaired) electrons. The molecule has 0 aliphatic heterocycles. The van der Waals surface area contributed by atoms with E-state index in [-0.39, 0.29) is 12.5 Å². The number of hydrogen-bond acceptors (Lipinski definition) is 5. The maximum Gasteiger partial charge on any atom is 0.338 e. The Balaban J connectivity index is 2.67. The van der Waals surface area contributed by atoms with Crippen LogP contribution in [0, 0.1) is 0 Å². The topological polar surface area (TPSA) is 93.5 Å². The van der Waals surface area contributed by atoms with E-state index in [1.165, 1.54) is 0 Å². The van der Waals surface area contributed by atoms with Crippen LogP contribution < -0.4 is 16.4 Å². The average Bonchev–Trinajstić information content (AvgIpc) is 2.44. The first kappa shape index (κ1) is 15.8. The highest BCUT2D eigenvalue weighted by Gasteiger charge is 2.10. The number of rotatable bonds is 7. The van der Waals surface area contributed by atoms with Crippen molar-refractivity contribution in [2.45, 2.75) is 20.3 Å². The molecule has 1 aromatic rings. The third-order valence-corrected chi connectivity index (χ3v) is 2.58. The first-order valence-corrected chi connectivity index (χ1v) is 6.65. The maximum absolute atomic E-state index is 11.6. The van der Waals surface area contributed by atoms with Gasteiger partial charge in [0.15, 0.2) is 0 Å². The van der Waals surface area contributed by atoms with Crippen LogP contribution in [0.15, 0.2) is 18.2 Å². The molecule has 20 heavy (non-hydrogen) atoms. The van der Waals surface area contributed by atoms with Crippen LogP contribution in [0.1, 0.15) is 30.6 Å². The Kier molecular flexibility index (Phi) is 6.36. The van der Waals surface area contributed by atoms with Gasteiger partial charge >= 0.3 is 5.97 Å². The van der Waals surface area contributed by atoms with Crippen molar-refractivity contribution < 1.29 is 14.3 Å². The fourth-order valence-electron chi connectivity index (χ4n) is 1.55. The Morgan fingerprint density at radius 1 is 1.30 bits per heavy atom. The molecule has 0 atom stereocenters. The van der Waals surface area contributed by atoms with Crippen LogP contribution in [0.4, 0.5) is 11.4 Å². The molecule has 1 amide bonds. The number of anilines is 2. The first-order chi connectivity index (χ1) is 9.58.